The summed E-state index contributed by atoms with van der Waals surface area (Å²) in [5, 5.41) is 15.5. The fourth-order valence-corrected chi connectivity index (χ4v) is 3.48. The molecule has 1 atom stereocenters. The van der Waals surface area contributed by atoms with Gasteiger partial charge in [-0.3, -0.25) is 4.79 Å². The first-order valence-electron chi connectivity index (χ1n) is 7.80. The number of carbonyl (C=O) groups excluding carboxylic acids is 1. The number of benzene rings is 3. The number of aromatic hydroxyl groups is 1. The topological polar surface area (TPSA) is 78.8 Å². The summed E-state index contributed by atoms with van der Waals surface area (Å²) in [6, 6.07) is 20.8. The number of anilines is 1. The van der Waals surface area contributed by atoms with Gasteiger partial charge in [0.1, 0.15) is 16.9 Å². The van der Waals surface area contributed by atoms with E-state index >= 15 is 0 Å². The number of fused-ring (bicyclic) bond motifs is 1. The maximum Gasteiger partial charge on any atom is 0.244 e. The molecule has 25 heavy (non-hydrogen) atoms. The number of nitrogens with zero attached hydrogens (tertiary/aromatic N) is 1. The van der Waals surface area contributed by atoms with Crippen LogP contribution in [0.3, 0.4) is 0 Å². The molecule has 5 heteroatoms. The van der Waals surface area contributed by atoms with Crippen LogP contribution in [0.2, 0.25) is 0 Å². The second-order valence-corrected chi connectivity index (χ2v) is 5.93. The molecule has 0 saturated heterocycles. The molecule has 3 aromatic carbocycles. The van der Waals surface area contributed by atoms with Crippen LogP contribution in [0.25, 0.3) is 0 Å². The Labute approximate surface area is 143 Å². The molecule has 1 aliphatic rings. The fraction of sp³-hybridized carbons (Fsp3) is 0.0500. The monoisotopic (exact) mass is 330 g/mol. The predicted octanol–water partition coefficient (Wildman–Crippen LogP) is 4.08. The highest BCUT2D eigenvalue weighted by Gasteiger charge is 2.49. The van der Waals surface area contributed by atoms with Gasteiger partial charge in [-0.2, -0.15) is 0 Å². The summed E-state index contributed by atoms with van der Waals surface area (Å²) < 4.78 is 0. The van der Waals surface area contributed by atoms with Gasteiger partial charge in [0.15, 0.2) is 0 Å². The highest BCUT2D eigenvalue weighted by molar-refractivity contribution is 6.11. The van der Waals surface area contributed by atoms with Crippen molar-refractivity contribution in [1.82, 2.24) is 0 Å². The zero-order valence-corrected chi connectivity index (χ0v) is 13.1. The lowest BCUT2D eigenvalue weighted by Crippen LogP contribution is -2.36. The van der Waals surface area contributed by atoms with E-state index in [2.05, 4.69) is 10.5 Å². The predicted molar refractivity (Wildman–Crippen MR) is 95.0 cm³/mol. The molecule has 1 aliphatic heterocycles. The Balaban J connectivity index is 2.03. The Morgan fingerprint density at radius 2 is 1.44 bits per heavy atom. The summed E-state index contributed by atoms with van der Waals surface area (Å²) in [4.78, 5) is 23.9. The van der Waals surface area contributed by atoms with Gasteiger partial charge in [-0.05, 0) is 46.6 Å². The molecule has 2 N–H and O–H groups in total. The van der Waals surface area contributed by atoms with E-state index in [4.69, 9.17) is 0 Å². The largest absolute Gasteiger partial charge is 0.508 e. The summed E-state index contributed by atoms with van der Waals surface area (Å²) in [6.07, 6.45) is 0. The molecule has 0 bridgehead atoms. The molecule has 0 fully saturated rings. The third-order valence-electron chi connectivity index (χ3n) is 4.63. The second-order valence-electron chi connectivity index (χ2n) is 5.93. The lowest BCUT2D eigenvalue weighted by atomic mass is 9.70. The van der Waals surface area contributed by atoms with Crippen LogP contribution < -0.4 is 5.32 Å². The van der Waals surface area contributed by atoms with Crippen molar-refractivity contribution in [3.05, 3.63) is 94.4 Å². The number of hydrogen-bond acceptors (Lipinski definition) is 4. The third kappa shape index (κ3) is 2.13. The summed E-state index contributed by atoms with van der Waals surface area (Å²) in [6.45, 7) is 0. The number of rotatable bonds is 3. The van der Waals surface area contributed by atoms with Gasteiger partial charge in [0.05, 0.1) is 0 Å². The number of amides is 1. The zero-order valence-electron chi connectivity index (χ0n) is 13.1. The van der Waals surface area contributed by atoms with Gasteiger partial charge in [-0.1, -0.05) is 42.5 Å². The molecule has 0 aliphatic carbocycles. The first kappa shape index (κ1) is 15.1. The standard InChI is InChI=1S/C20H14N2O3/c23-16-11-7-14(8-12-16)20(13-5-9-15(22-25)10-6-13)17-3-1-2-4-18(17)21-19(20)24/h1-12,23H,(H,21,24). The van der Waals surface area contributed by atoms with Crippen LogP contribution in [0.1, 0.15) is 16.7 Å². The van der Waals surface area contributed by atoms with Gasteiger partial charge in [-0.15, -0.1) is 4.91 Å². The number of carbonyl (C=O) groups is 1. The smallest absolute Gasteiger partial charge is 0.244 e. The Morgan fingerprint density at radius 1 is 0.840 bits per heavy atom. The minimum Gasteiger partial charge on any atom is -0.508 e. The number of phenols is 1. The SMILES string of the molecule is O=Nc1ccc(C2(c3ccc(O)cc3)C(=O)Nc3ccccc32)cc1. The molecule has 122 valence electrons. The first-order chi connectivity index (χ1) is 12.2. The maximum atomic E-state index is 13.1. The summed E-state index contributed by atoms with van der Waals surface area (Å²) in [5.74, 6) is -0.0442. The van der Waals surface area contributed by atoms with E-state index in [0.29, 0.717) is 5.69 Å². The lowest BCUT2D eigenvalue weighted by Gasteiger charge is -2.29. The summed E-state index contributed by atoms with van der Waals surface area (Å²) in [5.41, 5.74) is 2.30. The molecule has 1 heterocycles. The minimum atomic E-state index is -1.05. The Kier molecular flexibility index (Phi) is 3.35. The van der Waals surface area contributed by atoms with E-state index in [1.807, 2.05) is 24.3 Å². The van der Waals surface area contributed by atoms with Crippen LogP contribution in [0.5, 0.6) is 5.75 Å². The quantitative estimate of drug-likeness (QED) is 0.710. The minimum absolute atomic E-state index is 0.131. The number of hydrogen-bond donors (Lipinski definition) is 2. The van der Waals surface area contributed by atoms with Crippen molar-refractivity contribution in [2.24, 2.45) is 5.18 Å². The van der Waals surface area contributed by atoms with E-state index in [0.717, 1.165) is 22.4 Å². The van der Waals surface area contributed by atoms with E-state index in [1.54, 1.807) is 48.5 Å². The Bertz CT molecular complexity index is 965. The molecule has 0 saturated carbocycles. The van der Waals surface area contributed by atoms with Crippen LogP contribution in [0.4, 0.5) is 11.4 Å². The van der Waals surface area contributed by atoms with Crippen molar-refractivity contribution < 1.29 is 9.90 Å². The molecular weight excluding hydrogens is 316 g/mol. The average Bonchev–Trinajstić information content (AvgIpc) is 2.95. The molecular formula is C20H14N2O3. The first-order valence-corrected chi connectivity index (χ1v) is 7.80. The van der Waals surface area contributed by atoms with Crippen molar-refractivity contribution in [1.29, 1.82) is 0 Å². The number of phenolic OH excluding ortho intramolecular Hbond substituents is 1. The normalized spacial score (nSPS) is 18.5. The van der Waals surface area contributed by atoms with Crippen molar-refractivity contribution in [2.75, 3.05) is 5.32 Å². The molecule has 1 unspecified atom stereocenters. The van der Waals surface area contributed by atoms with Crippen molar-refractivity contribution >= 4 is 17.3 Å². The van der Waals surface area contributed by atoms with Crippen LogP contribution in [-0.4, -0.2) is 11.0 Å². The van der Waals surface area contributed by atoms with Crippen LogP contribution in [-0.2, 0) is 10.2 Å². The third-order valence-corrected chi connectivity index (χ3v) is 4.63. The van der Waals surface area contributed by atoms with Gasteiger partial charge in [0.2, 0.25) is 5.91 Å². The van der Waals surface area contributed by atoms with E-state index < -0.39 is 5.41 Å². The fourth-order valence-electron chi connectivity index (χ4n) is 3.48. The van der Waals surface area contributed by atoms with Gasteiger partial charge in [-0.25, -0.2) is 0 Å². The summed E-state index contributed by atoms with van der Waals surface area (Å²) in [7, 11) is 0. The van der Waals surface area contributed by atoms with Crippen LogP contribution in [0, 0.1) is 4.91 Å². The molecule has 0 radical (unpaired) electrons. The van der Waals surface area contributed by atoms with Gasteiger partial charge < -0.3 is 10.4 Å². The molecule has 4 rings (SSSR count). The molecule has 1 amide bonds. The molecule has 0 aromatic heterocycles. The highest BCUT2D eigenvalue weighted by Crippen LogP contribution is 2.47. The molecule has 5 nitrogen and oxygen atoms in total. The van der Waals surface area contributed by atoms with E-state index in [9.17, 15) is 14.8 Å². The number of nitrogens with one attached hydrogen (secondary N) is 1. The average molecular weight is 330 g/mol. The number of para-hydroxylation sites is 1. The van der Waals surface area contributed by atoms with Crippen LogP contribution in [0.15, 0.2) is 78.0 Å². The van der Waals surface area contributed by atoms with Gasteiger partial charge >= 0.3 is 0 Å². The van der Waals surface area contributed by atoms with E-state index in [1.165, 1.54) is 0 Å². The molecule has 3 aromatic rings. The van der Waals surface area contributed by atoms with E-state index in [-0.39, 0.29) is 11.7 Å². The Hall–Kier alpha value is -3.47. The second kappa shape index (κ2) is 5.56. The number of nitroso groups, excluding NO2 is 1. The van der Waals surface area contributed by atoms with Gasteiger partial charge in [0, 0.05) is 11.3 Å². The molecule has 0 spiro atoms. The van der Waals surface area contributed by atoms with Crippen molar-refractivity contribution in [3.63, 3.8) is 0 Å². The van der Waals surface area contributed by atoms with Crippen molar-refractivity contribution in [2.45, 2.75) is 5.41 Å². The van der Waals surface area contributed by atoms with Crippen LogP contribution >= 0.6 is 0 Å². The maximum absolute atomic E-state index is 13.1. The lowest BCUT2D eigenvalue weighted by molar-refractivity contribution is -0.118. The highest BCUT2D eigenvalue weighted by atomic mass is 16.3. The summed E-state index contributed by atoms with van der Waals surface area (Å²) >= 11 is 0. The van der Waals surface area contributed by atoms with Gasteiger partial charge in [0.25, 0.3) is 0 Å². The van der Waals surface area contributed by atoms with Crippen molar-refractivity contribution in [3.8, 4) is 5.75 Å². The Morgan fingerprint density at radius 3 is 2.08 bits per heavy atom. The zero-order chi connectivity index (χ0) is 17.4.